The monoisotopic (exact) mass is 508 g/mol. The minimum atomic E-state index is -5.04. The first kappa shape index (κ1) is 33.4. The molecule has 0 atom stereocenters. The number of ether oxygens (including phenoxy) is 1. The van der Waals surface area contributed by atoms with Crippen LogP contribution in [-0.4, -0.2) is 29.3 Å². The topological polar surface area (TPSA) is 114 Å². The van der Waals surface area contributed by atoms with Crippen LogP contribution in [0.3, 0.4) is 0 Å². The van der Waals surface area contributed by atoms with E-state index in [4.69, 9.17) is 9.84 Å². The maximum Gasteiger partial charge on any atom is 0.431 e. The van der Waals surface area contributed by atoms with Gasteiger partial charge >= 0.3 is 6.18 Å². The first-order chi connectivity index (χ1) is 15.4. The molecule has 0 saturated heterocycles. The zero-order valence-electron chi connectivity index (χ0n) is 18.9. The molecular weight excluding hydrogens is 482 g/mol. The second-order valence-corrected chi connectivity index (χ2v) is 6.42. The van der Waals surface area contributed by atoms with Gasteiger partial charge in [-0.3, -0.25) is 9.50 Å². The normalized spacial score (nSPS) is 10.9. The summed E-state index contributed by atoms with van der Waals surface area (Å²) in [6, 6.07) is 6.67. The first-order valence-electron chi connectivity index (χ1n) is 9.19. The molecular formula is C23H26F6N2O4. The summed E-state index contributed by atoms with van der Waals surface area (Å²) in [5.74, 6) is -3.18. The summed E-state index contributed by atoms with van der Waals surface area (Å²) in [6.07, 6.45) is -4.36. The molecule has 2 aromatic rings. The number of anilines is 1. The van der Waals surface area contributed by atoms with Gasteiger partial charge in [-0.2, -0.15) is 13.2 Å². The van der Waals surface area contributed by atoms with Crippen LogP contribution in [-0.2, 0) is 11.4 Å². The number of carbonyl (C=O) groups excluding carboxylic acids is 1. The van der Waals surface area contributed by atoms with Crippen molar-refractivity contribution < 1.29 is 46.4 Å². The van der Waals surface area contributed by atoms with Gasteiger partial charge in [0.2, 0.25) is 0 Å². The highest BCUT2D eigenvalue weighted by Gasteiger charge is 2.38. The number of phenols is 1. The average molecular weight is 508 g/mol. The Morgan fingerprint density at radius 2 is 1.60 bits per heavy atom. The van der Waals surface area contributed by atoms with Crippen LogP contribution in [0.2, 0.25) is 0 Å². The molecule has 2 rings (SSSR count). The lowest BCUT2D eigenvalue weighted by Gasteiger charge is -2.19. The van der Waals surface area contributed by atoms with E-state index in [1.807, 2.05) is 5.32 Å². The SMILES string of the molecule is C=CC(=O)/C(C(=C)C)=C(/Nc1cc(F)c(COc2ccc(O)cc2)c(F)c1)C(F)(F)F.CO.F.N. The Bertz CT molecular complexity index is 1030. The van der Waals surface area contributed by atoms with Crippen LogP contribution < -0.4 is 16.2 Å². The van der Waals surface area contributed by atoms with Crippen LogP contribution in [0.25, 0.3) is 0 Å². The number of alkyl halides is 3. The van der Waals surface area contributed by atoms with Gasteiger partial charge in [-0.1, -0.05) is 13.2 Å². The molecule has 0 heterocycles. The number of phenolic OH excluding ortho intramolecular Hbond substituents is 1. The molecule has 0 unspecified atom stereocenters. The lowest BCUT2D eigenvalue weighted by atomic mass is 10.0. The minimum absolute atomic E-state index is 0. The van der Waals surface area contributed by atoms with Gasteiger partial charge in [0.05, 0.1) is 11.1 Å². The van der Waals surface area contributed by atoms with Crippen molar-refractivity contribution in [2.24, 2.45) is 0 Å². The molecule has 12 heteroatoms. The molecule has 0 bridgehead atoms. The van der Waals surface area contributed by atoms with Crippen molar-refractivity contribution in [3.63, 3.8) is 0 Å². The van der Waals surface area contributed by atoms with Crippen LogP contribution in [0.1, 0.15) is 12.5 Å². The number of nitrogens with one attached hydrogen (secondary N) is 1. The van der Waals surface area contributed by atoms with Crippen LogP contribution >= 0.6 is 0 Å². The predicted octanol–water partition coefficient (Wildman–Crippen LogP) is 5.73. The molecule has 0 aliphatic carbocycles. The summed E-state index contributed by atoms with van der Waals surface area (Å²) in [4.78, 5) is 11.9. The maximum absolute atomic E-state index is 14.4. The number of ketones is 1. The molecule has 35 heavy (non-hydrogen) atoms. The summed E-state index contributed by atoms with van der Waals surface area (Å²) in [7, 11) is 1.00. The van der Waals surface area contributed by atoms with Gasteiger partial charge in [0.15, 0.2) is 5.78 Å². The second kappa shape index (κ2) is 14.5. The first-order valence-corrected chi connectivity index (χ1v) is 9.19. The smallest absolute Gasteiger partial charge is 0.431 e. The van der Waals surface area contributed by atoms with Crippen molar-refractivity contribution in [1.29, 1.82) is 0 Å². The highest BCUT2D eigenvalue weighted by Crippen LogP contribution is 2.33. The van der Waals surface area contributed by atoms with Crippen molar-refractivity contribution in [3.05, 3.63) is 89.7 Å². The van der Waals surface area contributed by atoms with E-state index < -0.39 is 52.7 Å². The van der Waals surface area contributed by atoms with E-state index in [0.717, 1.165) is 7.11 Å². The third kappa shape index (κ3) is 9.18. The van der Waals surface area contributed by atoms with E-state index in [1.165, 1.54) is 31.2 Å². The molecule has 0 fully saturated rings. The number of halogens is 6. The van der Waals surface area contributed by atoms with E-state index in [0.29, 0.717) is 18.2 Å². The van der Waals surface area contributed by atoms with Crippen molar-refractivity contribution in [2.75, 3.05) is 12.4 Å². The molecule has 2 aromatic carbocycles. The zero-order valence-corrected chi connectivity index (χ0v) is 18.9. The van der Waals surface area contributed by atoms with Crippen molar-refractivity contribution in [2.45, 2.75) is 19.7 Å². The van der Waals surface area contributed by atoms with Gasteiger partial charge in [-0.05, 0) is 55.0 Å². The van der Waals surface area contributed by atoms with Gasteiger partial charge in [0.1, 0.15) is 35.4 Å². The number of aliphatic hydroxyl groups is 1. The third-order valence-electron chi connectivity index (χ3n) is 4.02. The molecule has 0 aliphatic rings. The molecule has 0 aromatic heterocycles. The number of rotatable bonds is 8. The van der Waals surface area contributed by atoms with Crippen LogP contribution in [0, 0.1) is 11.6 Å². The molecule has 6 N–H and O–H groups in total. The lowest BCUT2D eigenvalue weighted by molar-refractivity contribution is -0.113. The molecule has 194 valence electrons. The molecule has 0 aliphatic heterocycles. The van der Waals surface area contributed by atoms with Crippen LogP contribution in [0.15, 0.2) is 72.5 Å². The highest BCUT2D eigenvalue weighted by atomic mass is 19.4. The summed E-state index contributed by atoms with van der Waals surface area (Å²) >= 11 is 0. The fourth-order valence-corrected chi connectivity index (χ4v) is 2.58. The van der Waals surface area contributed by atoms with Crippen molar-refractivity contribution in [3.8, 4) is 11.5 Å². The van der Waals surface area contributed by atoms with Gasteiger partial charge in [0.25, 0.3) is 0 Å². The average Bonchev–Trinajstić information content (AvgIpc) is 2.74. The predicted molar refractivity (Wildman–Crippen MR) is 121 cm³/mol. The van der Waals surface area contributed by atoms with Crippen molar-refractivity contribution >= 4 is 11.5 Å². The number of allylic oxidation sites excluding steroid dienone is 4. The lowest BCUT2D eigenvalue weighted by Crippen LogP contribution is -2.24. The van der Waals surface area contributed by atoms with E-state index in [9.17, 15) is 31.9 Å². The zero-order chi connectivity index (χ0) is 25.3. The Morgan fingerprint density at radius 3 is 2.00 bits per heavy atom. The third-order valence-corrected chi connectivity index (χ3v) is 4.02. The van der Waals surface area contributed by atoms with E-state index in [1.54, 1.807) is 0 Å². The Hall–Kier alpha value is -3.77. The fraction of sp³-hybridized carbons (Fsp3) is 0.174. The summed E-state index contributed by atoms with van der Waals surface area (Å²) in [6.45, 7) is 7.16. The number of carbonyl (C=O) groups is 1. The molecule has 0 amide bonds. The number of hydrogen-bond donors (Lipinski definition) is 4. The maximum atomic E-state index is 14.4. The molecule has 6 nitrogen and oxygen atoms in total. The fourth-order valence-electron chi connectivity index (χ4n) is 2.58. The summed E-state index contributed by atoms with van der Waals surface area (Å²) < 4.78 is 74.7. The minimum Gasteiger partial charge on any atom is -0.508 e. The number of aromatic hydroxyl groups is 1. The van der Waals surface area contributed by atoms with E-state index in [2.05, 4.69) is 13.2 Å². The van der Waals surface area contributed by atoms with Gasteiger partial charge in [-0.25, -0.2) is 8.78 Å². The Labute approximate surface area is 198 Å². The van der Waals surface area contributed by atoms with Gasteiger partial charge < -0.3 is 26.4 Å². The quantitative estimate of drug-likeness (QED) is 0.206. The Kier molecular flexibility index (Phi) is 13.8. The largest absolute Gasteiger partial charge is 0.508 e. The summed E-state index contributed by atoms with van der Waals surface area (Å²) in [5.41, 5.74) is -3.60. The van der Waals surface area contributed by atoms with Crippen LogP contribution in [0.4, 0.5) is 32.3 Å². The molecule has 0 spiro atoms. The van der Waals surface area contributed by atoms with Crippen molar-refractivity contribution in [1.82, 2.24) is 6.15 Å². The molecule has 0 radical (unpaired) electrons. The van der Waals surface area contributed by atoms with Gasteiger partial charge in [0, 0.05) is 12.8 Å². The molecule has 0 saturated carbocycles. The summed E-state index contributed by atoms with van der Waals surface area (Å²) in [5, 5.41) is 18.1. The number of benzene rings is 2. The van der Waals surface area contributed by atoms with Gasteiger partial charge in [-0.15, -0.1) is 0 Å². The Balaban J connectivity index is 0. The van der Waals surface area contributed by atoms with E-state index in [-0.39, 0.29) is 27.9 Å². The highest BCUT2D eigenvalue weighted by molar-refractivity contribution is 6.07. The Morgan fingerprint density at radius 1 is 1.11 bits per heavy atom. The van der Waals surface area contributed by atoms with Crippen LogP contribution in [0.5, 0.6) is 11.5 Å². The van der Waals surface area contributed by atoms with E-state index >= 15 is 0 Å². The number of aliphatic hydroxyl groups excluding tert-OH is 1. The number of hydrogen-bond acceptors (Lipinski definition) is 6. The standard InChI is InChI=1S/C22H18F5NO3.CH4O.FH.H3N/c1-4-19(30)20(12(2)3)21(22(25,26)27)28-13-9-17(23)16(18(24)10-13)11-31-15-7-5-14(29)6-8-15;1-2;;/h4-10,28-29H,1-2,11H2,3H3;2H,1H3;1H;1H3/b21-20+;;;. The second-order valence-electron chi connectivity index (χ2n) is 6.42.